The molecule has 0 fully saturated rings. The van der Waals surface area contributed by atoms with Crippen molar-refractivity contribution in [3.05, 3.63) is 55.7 Å². The average molecular weight is 372 g/mol. The van der Waals surface area contributed by atoms with Crippen molar-refractivity contribution in [2.75, 3.05) is 5.32 Å². The molecule has 1 N–H and O–H groups in total. The number of anilines is 1. The molecule has 1 heterocycles. The number of aromatic nitrogens is 1. The van der Waals surface area contributed by atoms with Gasteiger partial charge in [-0.3, -0.25) is 4.79 Å². The molecular formula is C12H4Cl4F2N2O. The fraction of sp³-hybridized carbons (Fsp3) is 0. The minimum Gasteiger partial charge on any atom is -0.320 e. The minimum absolute atomic E-state index is 0.0129. The van der Waals surface area contributed by atoms with Crippen molar-refractivity contribution in [2.24, 2.45) is 0 Å². The van der Waals surface area contributed by atoms with Crippen LogP contribution in [0.1, 0.15) is 10.5 Å². The van der Waals surface area contributed by atoms with Gasteiger partial charge in [0.1, 0.15) is 10.8 Å². The van der Waals surface area contributed by atoms with Gasteiger partial charge in [-0.05, 0) is 12.1 Å². The van der Waals surface area contributed by atoms with Gasteiger partial charge in [0.05, 0.1) is 15.1 Å². The number of nitrogens with one attached hydrogen (secondary N) is 1. The van der Waals surface area contributed by atoms with Crippen LogP contribution in [0.5, 0.6) is 0 Å². The largest absolute Gasteiger partial charge is 0.320 e. The zero-order valence-electron chi connectivity index (χ0n) is 9.86. The Hall–Kier alpha value is -1.14. The van der Waals surface area contributed by atoms with Crippen molar-refractivity contribution >= 4 is 58.0 Å². The lowest BCUT2D eigenvalue weighted by Crippen LogP contribution is -2.15. The van der Waals surface area contributed by atoms with Crippen LogP contribution >= 0.6 is 46.4 Å². The molecule has 0 unspecified atom stereocenters. The highest BCUT2D eigenvalue weighted by atomic mass is 35.5. The summed E-state index contributed by atoms with van der Waals surface area (Å²) in [7, 11) is 0. The number of carbonyl (C=O) groups excluding carboxylic acids is 1. The monoisotopic (exact) mass is 370 g/mol. The SMILES string of the molecule is O=C(Nc1ccc(F)c(F)c1)c1nc(Cl)c(Cl)c(Cl)c1Cl. The molecule has 1 aromatic carbocycles. The number of amides is 1. The average Bonchev–Trinajstić information content (AvgIpc) is 2.44. The molecule has 2 aromatic rings. The van der Waals surface area contributed by atoms with Crippen molar-refractivity contribution in [1.82, 2.24) is 4.98 Å². The molecule has 0 spiro atoms. The van der Waals surface area contributed by atoms with Crippen molar-refractivity contribution in [1.29, 1.82) is 0 Å². The van der Waals surface area contributed by atoms with E-state index in [2.05, 4.69) is 10.3 Å². The Balaban J connectivity index is 2.35. The summed E-state index contributed by atoms with van der Waals surface area (Å²) in [6, 6.07) is 2.84. The second-order valence-corrected chi connectivity index (χ2v) is 5.27. The van der Waals surface area contributed by atoms with Crippen LogP contribution in [0.4, 0.5) is 14.5 Å². The fourth-order valence-corrected chi connectivity index (χ4v) is 2.22. The van der Waals surface area contributed by atoms with Gasteiger partial charge in [0.2, 0.25) is 0 Å². The van der Waals surface area contributed by atoms with E-state index >= 15 is 0 Å². The van der Waals surface area contributed by atoms with Gasteiger partial charge in [0.15, 0.2) is 11.6 Å². The number of carbonyl (C=O) groups is 1. The molecule has 0 saturated heterocycles. The third-order valence-corrected chi connectivity index (χ3v) is 4.05. The summed E-state index contributed by atoms with van der Waals surface area (Å²) >= 11 is 23.1. The molecule has 0 aliphatic heterocycles. The van der Waals surface area contributed by atoms with Gasteiger partial charge in [-0.1, -0.05) is 46.4 Å². The van der Waals surface area contributed by atoms with Gasteiger partial charge < -0.3 is 5.32 Å². The van der Waals surface area contributed by atoms with E-state index in [1.807, 2.05) is 0 Å². The highest BCUT2D eigenvalue weighted by Gasteiger charge is 2.20. The van der Waals surface area contributed by atoms with Crippen LogP contribution in [0.15, 0.2) is 18.2 Å². The van der Waals surface area contributed by atoms with Crippen molar-refractivity contribution < 1.29 is 13.6 Å². The Kier molecular flexibility index (Phi) is 4.88. The predicted molar refractivity (Wildman–Crippen MR) is 78.6 cm³/mol. The van der Waals surface area contributed by atoms with E-state index in [1.54, 1.807) is 0 Å². The molecule has 3 nitrogen and oxygen atoms in total. The molecule has 0 bridgehead atoms. The maximum Gasteiger partial charge on any atom is 0.275 e. The molecule has 0 aliphatic rings. The number of rotatable bonds is 2. The standard InChI is InChI=1S/C12H4Cl4F2N2O/c13-7-8(14)10(20-11(16)9(7)15)12(21)19-4-1-2-5(17)6(18)3-4/h1-3H,(H,19,21). The second-order valence-electron chi connectivity index (χ2n) is 3.78. The van der Waals surface area contributed by atoms with Crippen molar-refractivity contribution in [3.8, 4) is 0 Å². The molecule has 0 saturated carbocycles. The molecule has 0 atom stereocenters. The van der Waals surface area contributed by atoms with Gasteiger partial charge in [-0.2, -0.15) is 0 Å². The summed E-state index contributed by atoms with van der Waals surface area (Å²) < 4.78 is 25.9. The normalized spacial score (nSPS) is 10.6. The van der Waals surface area contributed by atoms with E-state index in [-0.39, 0.29) is 31.6 Å². The van der Waals surface area contributed by atoms with Crippen LogP contribution in [0, 0.1) is 11.6 Å². The predicted octanol–water partition coefficient (Wildman–Crippen LogP) is 5.23. The van der Waals surface area contributed by atoms with Crippen LogP contribution in [0.25, 0.3) is 0 Å². The molecule has 1 aromatic heterocycles. The molecule has 0 aliphatic carbocycles. The van der Waals surface area contributed by atoms with Crippen LogP contribution in [0.2, 0.25) is 20.2 Å². The summed E-state index contributed by atoms with van der Waals surface area (Å²) in [5.74, 6) is -2.95. The van der Waals surface area contributed by atoms with E-state index in [9.17, 15) is 13.6 Å². The molecule has 2 rings (SSSR count). The molecule has 1 amide bonds. The van der Waals surface area contributed by atoms with Crippen molar-refractivity contribution in [3.63, 3.8) is 0 Å². The summed E-state index contributed by atoms with van der Waals surface area (Å²) in [6.45, 7) is 0. The van der Waals surface area contributed by atoms with Crippen LogP contribution in [-0.2, 0) is 0 Å². The molecule has 110 valence electrons. The van der Waals surface area contributed by atoms with Crippen molar-refractivity contribution in [2.45, 2.75) is 0 Å². The Morgan fingerprint density at radius 2 is 1.67 bits per heavy atom. The quantitative estimate of drug-likeness (QED) is 0.734. The van der Waals surface area contributed by atoms with Gasteiger partial charge >= 0.3 is 0 Å². The third-order valence-electron chi connectivity index (χ3n) is 2.38. The summed E-state index contributed by atoms with van der Waals surface area (Å²) in [5, 5.41) is 1.66. The smallest absolute Gasteiger partial charge is 0.275 e. The Labute approximate surface area is 137 Å². The van der Waals surface area contributed by atoms with E-state index in [0.717, 1.165) is 12.1 Å². The number of benzene rings is 1. The maximum atomic E-state index is 13.1. The minimum atomic E-state index is -1.11. The maximum absolute atomic E-state index is 13.1. The number of nitrogens with zero attached hydrogens (tertiary/aromatic N) is 1. The second kappa shape index (κ2) is 6.32. The van der Waals surface area contributed by atoms with E-state index in [4.69, 9.17) is 46.4 Å². The Morgan fingerprint density at radius 1 is 1.00 bits per heavy atom. The van der Waals surface area contributed by atoms with E-state index in [1.165, 1.54) is 6.07 Å². The molecule has 0 radical (unpaired) electrons. The molecule has 9 heteroatoms. The lowest BCUT2D eigenvalue weighted by molar-refractivity contribution is 0.102. The van der Waals surface area contributed by atoms with Gasteiger partial charge in [0, 0.05) is 11.8 Å². The number of halogens is 6. The first kappa shape index (κ1) is 16.2. The van der Waals surface area contributed by atoms with Crippen LogP contribution in [0.3, 0.4) is 0 Å². The third kappa shape index (κ3) is 3.37. The summed E-state index contributed by atoms with van der Waals surface area (Å²) in [6.07, 6.45) is 0. The number of hydrogen-bond donors (Lipinski definition) is 1. The Morgan fingerprint density at radius 3 is 2.29 bits per heavy atom. The molecular weight excluding hydrogens is 368 g/mol. The highest BCUT2D eigenvalue weighted by Crippen LogP contribution is 2.36. The van der Waals surface area contributed by atoms with Crippen LogP contribution < -0.4 is 5.32 Å². The first-order valence-corrected chi connectivity index (χ1v) is 6.79. The first-order valence-electron chi connectivity index (χ1n) is 5.27. The summed E-state index contributed by atoms with van der Waals surface area (Å²) in [4.78, 5) is 15.7. The molecule has 21 heavy (non-hydrogen) atoms. The van der Waals surface area contributed by atoms with Gasteiger partial charge in [-0.15, -0.1) is 0 Å². The first-order chi connectivity index (χ1) is 9.81. The topological polar surface area (TPSA) is 42.0 Å². The number of pyridine rings is 1. The lowest BCUT2D eigenvalue weighted by atomic mass is 10.2. The zero-order chi connectivity index (χ0) is 15.7. The highest BCUT2D eigenvalue weighted by molar-refractivity contribution is 6.52. The van der Waals surface area contributed by atoms with E-state index in [0.29, 0.717) is 0 Å². The van der Waals surface area contributed by atoms with Gasteiger partial charge in [-0.25, -0.2) is 13.8 Å². The lowest BCUT2D eigenvalue weighted by Gasteiger charge is -2.09. The van der Waals surface area contributed by atoms with E-state index < -0.39 is 17.5 Å². The fourth-order valence-electron chi connectivity index (χ4n) is 1.40. The van der Waals surface area contributed by atoms with Gasteiger partial charge in [0.25, 0.3) is 5.91 Å². The summed E-state index contributed by atoms with van der Waals surface area (Å²) in [5.41, 5.74) is -0.278. The van der Waals surface area contributed by atoms with Crippen LogP contribution in [-0.4, -0.2) is 10.9 Å². The Bertz CT molecular complexity index is 740. The number of hydrogen-bond acceptors (Lipinski definition) is 2. The zero-order valence-corrected chi connectivity index (χ0v) is 12.9.